The van der Waals surface area contributed by atoms with Crippen LogP contribution in [0.1, 0.15) is 24.8 Å². The molecular formula is C12H15FO2. The van der Waals surface area contributed by atoms with Crippen molar-refractivity contribution in [1.29, 1.82) is 0 Å². The van der Waals surface area contributed by atoms with Gasteiger partial charge in [-0.25, -0.2) is 4.39 Å². The minimum Gasteiger partial charge on any atom is -0.494 e. The zero-order chi connectivity index (χ0) is 11.1. The molecule has 1 aromatic carbocycles. The molecule has 0 aliphatic rings. The molecule has 0 atom stereocenters. The van der Waals surface area contributed by atoms with E-state index in [0.717, 1.165) is 19.1 Å². The van der Waals surface area contributed by atoms with Crippen LogP contribution in [0.25, 0.3) is 0 Å². The molecule has 0 spiro atoms. The molecule has 0 radical (unpaired) electrons. The van der Waals surface area contributed by atoms with Gasteiger partial charge in [-0.15, -0.1) is 0 Å². The molecule has 2 nitrogen and oxygen atoms in total. The first-order chi connectivity index (χ1) is 7.29. The lowest BCUT2D eigenvalue weighted by Crippen LogP contribution is -1.95. The Balaban J connectivity index is 2.56. The Morgan fingerprint density at radius 2 is 2.20 bits per heavy atom. The SMILES string of the molecule is COc1cccc(CCCCC=O)c1F. The summed E-state index contributed by atoms with van der Waals surface area (Å²) in [5.74, 6) is -0.00556. The quantitative estimate of drug-likeness (QED) is 0.533. The van der Waals surface area contributed by atoms with E-state index in [1.165, 1.54) is 7.11 Å². The zero-order valence-electron chi connectivity index (χ0n) is 8.83. The van der Waals surface area contributed by atoms with Crippen LogP contribution in [-0.2, 0) is 11.2 Å². The number of hydrogen-bond donors (Lipinski definition) is 0. The van der Waals surface area contributed by atoms with E-state index >= 15 is 0 Å². The molecule has 0 aliphatic carbocycles. The smallest absolute Gasteiger partial charge is 0.168 e. The number of aryl methyl sites for hydroxylation is 1. The molecule has 82 valence electrons. The van der Waals surface area contributed by atoms with Crippen molar-refractivity contribution in [2.45, 2.75) is 25.7 Å². The maximum Gasteiger partial charge on any atom is 0.168 e. The third-order valence-corrected chi connectivity index (χ3v) is 2.28. The number of hydrogen-bond acceptors (Lipinski definition) is 2. The fourth-order valence-corrected chi connectivity index (χ4v) is 1.45. The van der Waals surface area contributed by atoms with Gasteiger partial charge in [0.25, 0.3) is 0 Å². The second-order valence-corrected chi connectivity index (χ2v) is 3.35. The van der Waals surface area contributed by atoms with Crippen LogP contribution < -0.4 is 4.74 Å². The number of carbonyl (C=O) groups excluding carboxylic acids is 1. The summed E-state index contributed by atoms with van der Waals surface area (Å²) in [7, 11) is 1.45. The molecule has 1 aromatic rings. The van der Waals surface area contributed by atoms with Crippen molar-refractivity contribution in [1.82, 2.24) is 0 Å². The maximum absolute atomic E-state index is 13.6. The first-order valence-corrected chi connectivity index (χ1v) is 5.04. The first kappa shape index (κ1) is 11.7. The summed E-state index contributed by atoms with van der Waals surface area (Å²) >= 11 is 0. The molecule has 0 unspecified atom stereocenters. The number of ether oxygens (including phenoxy) is 1. The third-order valence-electron chi connectivity index (χ3n) is 2.28. The lowest BCUT2D eigenvalue weighted by atomic mass is 10.1. The number of unbranched alkanes of at least 4 members (excludes halogenated alkanes) is 2. The van der Waals surface area contributed by atoms with E-state index in [0.29, 0.717) is 18.4 Å². The Bertz CT molecular complexity index is 323. The van der Waals surface area contributed by atoms with Gasteiger partial charge in [0.1, 0.15) is 6.29 Å². The van der Waals surface area contributed by atoms with Crippen LogP contribution in [0.5, 0.6) is 5.75 Å². The van der Waals surface area contributed by atoms with Gasteiger partial charge < -0.3 is 9.53 Å². The lowest BCUT2D eigenvalue weighted by Gasteiger charge is -2.06. The van der Waals surface area contributed by atoms with Crippen molar-refractivity contribution in [3.63, 3.8) is 0 Å². The van der Waals surface area contributed by atoms with E-state index in [-0.39, 0.29) is 11.6 Å². The molecule has 3 heteroatoms. The third kappa shape index (κ3) is 3.35. The molecule has 0 N–H and O–H groups in total. The van der Waals surface area contributed by atoms with Gasteiger partial charge in [-0.2, -0.15) is 0 Å². The Morgan fingerprint density at radius 3 is 2.87 bits per heavy atom. The maximum atomic E-state index is 13.6. The number of carbonyl (C=O) groups is 1. The van der Waals surface area contributed by atoms with Crippen LogP contribution in [0, 0.1) is 5.82 Å². The number of halogens is 1. The van der Waals surface area contributed by atoms with E-state index < -0.39 is 0 Å². The normalized spacial score (nSPS) is 10.0. The van der Waals surface area contributed by atoms with E-state index in [4.69, 9.17) is 4.74 Å². The summed E-state index contributed by atoms with van der Waals surface area (Å²) in [5.41, 5.74) is 0.653. The molecule has 0 bridgehead atoms. The largest absolute Gasteiger partial charge is 0.494 e. The van der Waals surface area contributed by atoms with Crippen molar-refractivity contribution in [2.24, 2.45) is 0 Å². The lowest BCUT2D eigenvalue weighted by molar-refractivity contribution is -0.107. The van der Waals surface area contributed by atoms with Crippen LogP contribution in [-0.4, -0.2) is 13.4 Å². The average molecular weight is 210 g/mol. The van der Waals surface area contributed by atoms with Crippen molar-refractivity contribution < 1.29 is 13.9 Å². The summed E-state index contributed by atoms with van der Waals surface area (Å²) in [6.45, 7) is 0. The van der Waals surface area contributed by atoms with E-state index in [1.807, 2.05) is 0 Å². The highest BCUT2D eigenvalue weighted by Crippen LogP contribution is 2.21. The molecule has 15 heavy (non-hydrogen) atoms. The predicted molar refractivity (Wildman–Crippen MR) is 56.6 cm³/mol. The van der Waals surface area contributed by atoms with Crippen LogP contribution in [0.4, 0.5) is 4.39 Å². The topological polar surface area (TPSA) is 26.3 Å². The zero-order valence-corrected chi connectivity index (χ0v) is 8.83. The highest BCUT2D eigenvalue weighted by molar-refractivity contribution is 5.48. The summed E-state index contributed by atoms with van der Waals surface area (Å²) in [4.78, 5) is 10.1. The molecule has 0 aliphatic heterocycles. The molecule has 0 heterocycles. The van der Waals surface area contributed by atoms with Gasteiger partial charge in [-0.3, -0.25) is 0 Å². The number of methoxy groups -OCH3 is 1. The molecule has 0 aromatic heterocycles. The van der Waals surface area contributed by atoms with Gasteiger partial charge in [0.2, 0.25) is 0 Å². The second-order valence-electron chi connectivity index (χ2n) is 3.35. The minimum atomic E-state index is -0.286. The summed E-state index contributed by atoms with van der Waals surface area (Å²) < 4.78 is 18.5. The van der Waals surface area contributed by atoms with Gasteiger partial charge in [0, 0.05) is 6.42 Å². The van der Waals surface area contributed by atoms with E-state index in [1.54, 1.807) is 18.2 Å². The first-order valence-electron chi connectivity index (χ1n) is 5.04. The fourth-order valence-electron chi connectivity index (χ4n) is 1.45. The molecule has 0 fully saturated rings. The van der Waals surface area contributed by atoms with Crippen LogP contribution in [0.15, 0.2) is 18.2 Å². The van der Waals surface area contributed by atoms with Crippen molar-refractivity contribution in [2.75, 3.05) is 7.11 Å². The van der Waals surface area contributed by atoms with Gasteiger partial charge in [-0.1, -0.05) is 12.1 Å². The van der Waals surface area contributed by atoms with Crippen molar-refractivity contribution in [3.05, 3.63) is 29.6 Å². The highest BCUT2D eigenvalue weighted by Gasteiger charge is 2.07. The number of aldehydes is 1. The van der Waals surface area contributed by atoms with Gasteiger partial charge >= 0.3 is 0 Å². The highest BCUT2D eigenvalue weighted by atomic mass is 19.1. The van der Waals surface area contributed by atoms with Crippen molar-refractivity contribution >= 4 is 6.29 Å². The summed E-state index contributed by atoms with van der Waals surface area (Å²) in [5, 5.41) is 0. The predicted octanol–water partition coefficient (Wildman–Crippen LogP) is 2.75. The number of benzene rings is 1. The molecule has 0 amide bonds. The van der Waals surface area contributed by atoms with Crippen molar-refractivity contribution in [3.8, 4) is 5.75 Å². The Hall–Kier alpha value is -1.38. The molecule has 0 saturated heterocycles. The van der Waals surface area contributed by atoms with Crippen LogP contribution in [0.2, 0.25) is 0 Å². The van der Waals surface area contributed by atoms with E-state index in [9.17, 15) is 9.18 Å². The monoisotopic (exact) mass is 210 g/mol. The van der Waals surface area contributed by atoms with Gasteiger partial charge in [0.15, 0.2) is 11.6 Å². The summed E-state index contributed by atoms with van der Waals surface area (Å²) in [6, 6.07) is 5.12. The fraction of sp³-hybridized carbons (Fsp3) is 0.417. The summed E-state index contributed by atoms with van der Waals surface area (Å²) in [6.07, 6.45) is 3.72. The minimum absolute atomic E-state index is 0.280. The van der Waals surface area contributed by atoms with Gasteiger partial charge in [-0.05, 0) is 30.9 Å². The standard InChI is InChI=1S/C12H15FO2/c1-15-11-8-5-7-10(12(11)13)6-3-2-4-9-14/h5,7-9H,2-4,6H2,1H3. The van der Waals surface area contributed by atoms with Crippen LogP contribution >= 0.6 is 0 Å². The molecular weight excluding hydrogens is 195 g/mol. The van der Waals surface area contributed by atoms with Gasteiger partial charge in [0.05, 0.1) is 7.11 Å². The average Bonchev–Trinajstić information content (AvgIpc) is 2.26. The Kier molecular flexibility index (Phi) is 4.81. The molecule has 1 rings (SSSR count). The number of rotatable bonds is 6. The second kappa shape index (κ2) is 6.17. The van der Waals surface area contributed by atoms with Crippen LogP contribution in [0.3, 0.4) is 0 Å². The molecule has 0 saturated carbocycles. The Morgan fingerprint density at radius 1 is 1.40 bits per heavy atom. The van der Waals surface area contributed by atoms with E-state index in [2.05, 4.69) is 0 Å². The Labute approximate surface area is 89.1 Å².